The highest BCUT2D eigenvalue weighted by atomic mass is 16.3. The van der Waals surface area contributed by atoms with Gasteiger partial charge in [-0.25, -0.2) is 0 Å². The maximum atomic E-state index is 14.0. The quantitative estimate of drug-likeness (QED) is 0.0843. The van der Waals surface area contributed by atoms with Gasteiger partial charge in [0.2, 0.25) is 0 Å². The number of hydrogen-bond donors (Lipinski definition) is 4. The summed E-state index contributed by atoms with van der Waals surface area (Å²) in [4.78, 5) is 27.3. The fourth-order valence-electron chi connectivity index (χ4n) is 7.11. The summed E-state index contributed by atoms with van der Waals surface area (Å²) < 4.78 is 0. The van der Waals surface area contributed by atoms with Gasteiger partial charge in [0, 0.05) is 28.2 Å². The van der Waals surface area contributed by atoms with Crippen LogP contribution in [0.4, 0.5) is 0 Å². The van der Waals surface area contributed by atoms with E-state index >= 15 is 0 Å². The monoisotopic (exact) mass is 628 g/mol. The molecule has 256 valence electrons. The van der Waals surface area contributed by atoms with Crippen molar-refractivity contribution in [3.63, 3.8) is 0 Å². The minimum absolute atomic E-state index is 0.0395. The summed E-state index contributed by atoms with van der Waals surface area (Å²) in [5.41, 5.74) is -1.59. The Balaban J connectivity index is 2.64. The first-order valence-corrected chi connectivity index (χ1v) is 18.0. The van der Waals surface area contributed by atoms with E-state index in [0.29, 0.717) is 30.4 Å². The predicted molar refractivity (Wildman–Crippen MR) is 184 cm³/mol. The second-order valence-corrected chi connectivity index (χ2v) is 15.0. The first kappa shape index (κ1) is 38.7. The Bertz CT molecular complexity index is 1130. The molecule has 0 fully saturated rings. The van der Waals surface area contributed by atoms with Crippen molar-refractivity contribution in [1.82, 2.24) is 0 Å². The number of allylic oxidation sites excluding steroid dienone is 2. The zero-order chi connectivity index (χ0) is 33.9. The van der Waals surface area contributed by atoms with Crippen LogP contribution in [0.2, 0.25) is 0 Å². The van der Waals surface area contributed by atoms with Gasteiger partial charge in [-0.2, -0.15) is 0 Å². The number of ketones is 2. The number of unbranched alkanes of at least 4 members (excludes halogenated alkanes) is 12. The lowest BCUT2D eigenvalue weighted by Gasteiger charge is -2.41. The Morgan fingerprint density at radius 2 is 0.978 bits per heavy atom. The Kier molecular flexibility index (Phi) is 15.0. The van der Waals surface area contributed by atoms with Crippen molar-refractivity contribution in [2.45, 2.75) is 170 Å². The van der Waals surface area contributed by atoms with E-state index in [2.05, 4.69) is 13.8 Å². The molecular formula is C39H64O6. The minimum atomic E-state index is -1.37. The average Bonchev–Trinajstić information content (AvgIpc) is 2.97. The van der Waals surface area contributed by atoms with Gasteiger partial charge in [0.05, 0.1) is 10.8 Å². The zero-order valence-corrected chi connectivity index (χ0v) is 29.8. The van der Waals surface area contributed by atoms with Gasteiger partial charge in [0.25, 0.3) is 0 Å². The van der Waals surface area contributed by atoms with Crippen LogP contribution in [0, 0.1) is 16.7 Å². The normalized spacial score (nSPS) is 17.0. The molecule has 1 aromatic carbocycles. The molecule has 6 heteroatoms. The van der Waals surface area contributed by atoms with Crippen LogP contribution >= 0.6 is 0 Å². The standard InChI is InChI=1S/C39H64O6/c1-9-11-13-15-17-19-21-23-27-32(40)28(24-22-20-18-16-14-12-10-2)34(42)30(33(27)41)29(25-26(3)4)31-35(43)38(5,6)37(45)39(7,8)36(31)44/h26,29,40-43H,9-25H2,1-8H3. The van der Waals surface area contributed by atoms with Gasteiger partial charge in [-0.3, -0.25) is 9.59 Å². The predicted octanol–water partition coefficient (Wildman–Crippen LogP) is 10.5. The number of benzene rings is 1. The van der Waals surface area contributed by atoms with Crippen molar-refractivity contribution in [3.8, 4) is 17.2 Å². The van der Waals surface area contributed by atoms with Crippen LogP contribution < -0.4 is 0 Å². The van der Waals surface area contributed by atoms with Gasteiger partial charge in [-0.1, -0.05) is 105 Å². The minimum Gasteiger partial charge on any atom is -0.511 e. The molecule has 1 aliphatic carbocycles. The second-order valence-electron chi connectivity index (χ2n) is 15.0. The molecule has 0 radical (unpaired) electrons. The molecule has 0 saturated carbocycles. The van der Waals surface area contributed by atoms with E-state index in [0.717, 1.165) is 51.4 Å². The lowest BCUT2D eigenvalue weighted by Crippen LogP contribution is -2.49. The number of phenolic OH excluding ortho intramolecular Hbond substituents is 3. The molecule has 1 aliphatic rings. The average molecular weight is 629 g/mol. The molecule has 0 saturated heterocycles. The fourth-order valence-corrected chi connectivity index (χ4v) is 7.11. The van der Waals surface area contributed by atoms with E-state index in [4.69, 9.17) is 0 Å². The summed E-state index contributed by atoms with van der Waals surface area (Å²) in [5.74, 6) is -2.40. The molecule has 0 spiro atoms. The number of carbonyl (C=O) groups excluding carboxylic acids is 2. The Morgan fingerprint density at radius 1 is 0.578 bits per heavy atom. The van der Waals surface area contributed by atoms with Crippen LogP contribution in [0.15, 0.2) is 11.3 Å². The van der Waals surface area contributed by atoms with Crippen LogP contribution in [0.5, 0.6) is 17.2 Å². The molecule has 2 rings (SSSR count). The number of phenols is 3. The molecule has 0 aromatic heterocycles. The summed E-state index contributed by atoms with van der Waals surface area (Å²) in [6.07, 6.45) is 16.5. The lowest BCUT2D eigenvalue weighted by molar-refractivity contribution is -0.144. The number of Topliss-reactive ketones (excluding diaryl/α,β-unsaturated/α-hetero) is 2. The molecule has 1 aromatic rings. The van der Waals surface area contributed by atoms with Crippen molar-refractivity contribution in [2.24, 2.45) is 16.7 Å². The van der Waals surface area contributed by atoms with Crippen molar-refractivity contribution in [1.29, 1.82) is 0 Å². The molecule has 1 unspecified atom stereocenters. The Hall–Kier alpha value is -2.50. The summed E-state index contributed by atoms with van der Waals surface area (Å²) in [5, 5.41) is 46.7. The van der Waals surface area contributed by atoms with Crippen molar-refractivity contribution >= 4 is 11.6 Å². The van der Waals surface area contributed by atoms with Crippen molar-refractivity contribution in [2.75, 3.05) is 0 Å². The molecule has 0 amide bonds. The third kappa shape index (κ3) is 9.29. The highest BCUT2D eigenvalue weighted by Crippen LogP contribution is 2.54. The fraction of sp³-hybridized carbons (Fsp3) is 0.744. The summed E-state index contributed by atoms with van der Waals surface area (Å²) in [6.45, 7) is 14.8. The first-order valence-electron chi connectivity index (χ1n) is 18.0. The van der Waals surface area contributed by atoms with E-state index in [1.165, 1.54) is 38.5 Å². The summed E-state index contributed by atoms with van der Waals surface area (Å²) in [7, 11) is 0. The first-order chi connectivity index (χ1) is 21.2. The topological polar surface area (TPSA) is 115 Å². The molecule has 6 nitrogen and oxygen atoms in total. The Morgan fingerprint density at radius 3 is 1.38 bits per heavy atom. The molecular weight excluding hydrogens is 564 g/mol. The smallest absolute Gasteiger partial charge is 0.175 e. The van der Waals surface area contributed by atoms with Gasteiger partial charge in [-0.05, 0) is 65.7 Å². The van der Waals surface area contributed by atoms with Crippen molar-refractivity contribution in [3.05, 3.63) is 28.0 Å². The molecule has 0 heterocycles. The number of hydrogen-bond acceptors (Lipinski definition) is 6. The van der Waals surface area contributed by atoms with E-state index in [-0.39, 0.29) is 45.8 Å². The second kappa shape index (κ2) is 17.4. The Labute approximate surface area is 273 Å². The number of aliphatic hydroxyl groups excluding tert-OH is 1. The van der Waals surface area contributed by atoms with E-state index in [1.54, 1.807) is 27.7 Å². The highest BCUT2D eigenvalue weighted by Gasteiger charge is 2.55. The third-order valence-electron chi connectivity index (χ3n) is 9.91. The number of aliphatic hydroxyl groups is 1. The maximum Gasteiger partial charge on any atom is 0.175 e. The van der Waals surface area contributed by atoms with Crippen molar-refractivity contribution < 1.29 is 30.0 Å². The van der Waals surface area contributed by atoms with E-state index in [1.807, 2.05) is 13.8 Å². The number of rotatable bonds is 20. The van der Waals surface area contributed by atoms with Crippen LogP contribution in [0.25, 0.3) is 0 Å². The van der Waals surface area contributed by atoms with Gasteiger partial charge < -0.3 is 20.4 Å². The largest absolute Gasteiger partial charge is 0.511 e. The van der Waals surface area contributed by atoms with Gasteiger partial charge >= 0.3 is 0 Å². The third-order valence-corrected chi connectivity index (χ3v) is 9.91. The van der Waals surface area contributed by atoms with Crippen LogP contribution in [-0.4, -0.2) is 32.0 Å². The summed E-state index contributed by atoms with van der Waals surface area (Å²) >= 11 is 0. The van der Waals surface area contributed by atoms with Crippen LogP contribution in [0.3, 0.4) is 0 Å². The summed E-state index contributed by atoms with van der Waals surface area (Å²) in [6, 6.07) is 0. The van der Waals surface area contributed by atoms with Crippen LogP contribution in [0.1, 0.15) is 174 Å². The molecule has 45 heavy (non-hydrogen) atoms. The van der Waals surface area contributed by atoms with E-state index < -0.39 is 22.5 Å². The zero-order valence-electron chi connectivity index (χ0n) is 29.8. The lowest BCUT2D eigenvalue weighted by atomic mass is 9.60. The number of aromatic hydroxyl groups is 3. The molecule has 0 aliphatic heterocycles. The maximum absolute atomic E-state index is 14.0. The van der Waals surface area contributed by atoms with Gasteiger partial charge in [0.15, 0.2) is 11.6 Å². The molecule has 1 atom stereocenters. The number of carbonyl (C=O) groups is 2. The highest BCUT2D eigenvalue weighted by molar-refractivity contribution is 6.19. The molecule has 0 bridgehead atoms. The van der Waals surface area contributed by atoms with Gasteiger partial charge in [-0.15, -0.1) is 0 Å². The van der Waals surface area contributed by atoms with Crippen LogP contribution in [-0.2, 0) is 22.4 Å². The van der Waals surface area contributed by atoms with E-state index in [9.17, 15) is 30.0 Å². The molecule has 4 N–H and O–H groups in total. The SMILES string of the molecule is CCCCCCCCCc1c(O)c(CCCCCCCCC)c(O)c(C(CC(C)C)C2=C(O)C(C)(C)C(=O)C(C)(C)C2=O)c1O. The van der Waals surface area contributed by atoms with Gasteiger partial charge in [0.1, 0.15) is 23.0 Å².